The van der Waals surface area contributed by atoms with Crippen LogP contribution in [0, 0.1) is 32.8 Å². The van der Waals surface area contributed by atoms with Crippen molar-refractivity contribution in [3.05, 3.63) is 32.4 Å². The first kappa shape index (κ1) is 19.0. The minimum atomic E-state index is -0.721. The van der Waals surface area contributed by atoms with Crippen LogP contribution in [0.3, 0.4) is 0 Å². The Balaban J connectivity index is 1.75. The molecular formula is C17H20N6O3S. The fourth-order valence-corrected chi connectivity index (χ4v) is 4.58. The van der Waals surface area contributed by atoms with E-state index < -0.39 is 16.8 Å². The van der Waals surface area contributed by atoms with Crippen molar-refractivity contribution in [2.75, 3.05) is 5.32 Å². The second-order valence-electron chi connectivity index (χ2n) is 7.67. The lowest BCUT2D eigenvalue weighted by Gasteiger charge is -2.33. The summed E-state index contributed by atoms with van der Waals surface area (Å²) in [6, 6.07) is 2.22. The standard InChI is InChI=1S/C17H20N6O3S/c1-17(2,3)10-4-5-11-12(7-18)15(27-13(11)6-10)20-14(24)8-22-9-19-16(21-22)23(25)26/h9-10H,4-6,8H2,1-3H3,(H,20,24). The van der Waals surface area contributed by atoms with Gasteiger partial charge in [-0.25, -0.2) is 0 Å². The zero-order valence-electron chi connectivity index (χ0n) is 15.4. The Hall–Kier alpha value is -2.80. The van der Waals surface area contributed by atoms with Crippen LogP contribution in [0.2, 0.25) is 0 Å². The third kappa shape index (κ3) is 3.98. The Morgan fingerprint density at radius 3 is 2.89 bits per heavy atom. The molecule has 1 aliphatic rings. The number of amides is 1. The van der Waals surface area contributed by atoms with Crippen LogP contribution in [0.5, 0.6) is 0 Å². The first-order valence-electron chi connectivity index (χ1n) is 8.57. The maximum atomic E-state index is 12.3. The molecule has 1 unspecified atom stereocenters. The monoisotopic (exact) mass is 388 g/mol. The molecule has 9 nitrogen and oxygen atoms in total. The van der Waals surface area contributed by atoms with Crippen molar-refractivity contribution in [1.29, 1.82) is 5.26 Å². The molecular weight excluding hydrogens is 368 g/mol. The minimum absolute atomic E-state index is 0.194. The van der Waals surface area contributed by atoms with E-state index in [2.05, 4.69) is 42.2 Å². The van der Waals surface area contributed by atoms with E-state index in [4.69, 9.17) is 0 Å². The number of hydrogen-bond acceptors (Lipinski definition) is 7. The molecule has 1 N–H and O–H groups in total. The fraction of sp³-hybridized carbons (Fsp3) is 0.529. The molecule has 0 spiro atoms. The summed E-state index contributed by atoms with van der Waals surface area (Å²) < 4.78 is 1.10. The summed E-state index contributed by atoms with van der Waals surface area (Å²) in [6.07, 6.45) is 3.90. The van der Waals surface area contributed by atoms with Crippen LogP contribution in [0.15, 0.2) is 6.33 Å². The number of thiophene rings is 1. The maximum Gasteiger partial charge on any atom is 0.490 e. The summed E-state index contributed by atoms with van der Waals surface area (Å²) in [4.78, 5) is 26.9. The highest BCUT2D eigenvalue weighted by Gasteiger charge is 2.32. The van der Waals surface area contributed by atoms with Gasteiger partial charge < -0.3 is 15.4 Å². The second kappa shape index (κ2) is 7.08. The van der Waals surface area contributed by atoms with Gasteiger partial charge in [-0.2, -0.15) is 9.94 Å². The minimum Gasteiger partial charge on any atom is -0.390 e. The van der Waals surface area contributed by atoms with E-state index >= 15 is 0 Å². The van der Waals surface area contributed by atoms with Crippen LogP contribution >= 0.6 is 11.3 Å². The van der Waals surface area contributed by atoms with E-state index in [9.17, 15) is 20.2 Å². The maximum absolute atomic E-state index is 12.3. The van der Waals surface area contributed by atoms with Gasteiger partial charge in [-0.3, -0.25) is 4.79 Å². The Labute approximate surface area is 160 Å². The summed E-state index contributed by atoms with van der Waals surface area (Å²) in [7, 11) is 0. The van der Waals surface area contributed by atoms with E-state index in [1.165, 1.54) is 11.3 Å². The van der Waals surface area contributed by atoms with Crippen molar-refractivity contribution in [1.82, 2.24) is 14.8 Å². The quantitative estimate of drug-likeness (QED) is 0.634. The average molecular weight is 388 g/mol. The highest BCUT2D eigenvalue weighted by atomic mass is 32.1. The van der Waals surface area contributed by atoms with Gasteiger partial charge in [-0.05, 0) is 41.1 Å². The van der Waals surface area contributed by atoms with Crippen molar-refractivity contribution in [2.24, 2.45) is 11.3 Å². The van der Waals surface area contributed by atoms with Gasteiger partial charge in [0.2, 0.25) is 12.2 Å². The highest BCUT2D eigenvalue weighted by Crippen LogP contribution is 2.43. The molecule has 0 saturated heterocycles. The van der Waals surface area contributed by atoms with Gasteiger partial charge in [0, 0.05) is 9.98 Å². The van der Waals surface area contributed by atoms with Crippen molar-refractivity contribution < 1.29 is 9.72 Å². The summed E-state index contributed by atoms with van der Waals surface area (Å²) in [6.45, 7) is 6.46. The topological polar surface area (TPSA) is 127 Å². The molecule has 10 heteroatoms. The van der Waals surface area contributed by atoms with Crippen LogP contribution in [-0.2, 0) is 24.2 Å². The summed E-state index contributed by atoms with van der Waals surface area (Å²) in [5, 5.41) is 27.1. The third-order valence-corrected chi connectivity index (χ3v) is 6.02. The normalized spacial score (nSPS) is 16.4. The van der Waals surface area contributed by atoms with E-state index in [1.54, 1.807) is 0 Å². The largest absolute Gasteiger partial charge is 0.490 e. The molecule has 142 valence electrons. The highest BCUT2D eigenvalue weighted by molar-refractivity contribution is 7.16. The lowest BCUT2D eigenvalue weighted by Crippen LogP contribution is -2.26. The van der Waals surface area contributed by atoms with Gasteiger partial charge in [0.1, 0.15) is 17.6 Å². The SMILES string of the molecule is CC(C)(C)C1CCc2c(sc(NC(=O)Cn3cnc([N+](=O)[O-])n3)c2C#N)C1. The van der Waals surface area contributed by atoms with E-state index in [1.807, 2.05) is 0 Å². The fourth-order valence-electron chi connectivity index (χ4n) is 3.29. The molecule has 2 aromatic rings. The molecule has 2 aromatic heterocycles. The van der Waals surface area contributed by atoms with E-state index in [-0.39, 0.29) is 12.0 Å². The molecule has 0 fully saturated rings. The summed E-state index contributed by atoms with van der Waals surface area (Å²) >= 11 is 1.45. The Morgan fingerprint density at radius 1 is 1.56 bits per heavy atom. The predicted octanol–water partition coefficient (Wildman–Crippen LogP) is 2.91. The van der Waals surface area contributed by atoms with Gasteiger partial charge in [-0.1, -0.05) is 25.8 Å². The number of carbonyl (C=O) groups excluding carboxylic acids is 1. The molecule has 1 aliphatic carbocycles. The van der Waals surface area contributed by atoms with Gasteiger partial charge in [0.25, 0.3) is 0 Å². The number of hydrogen-bond donors (Lipinski definition) is 1. The molecule has 1 atom stereocenters. The van der Waals surface area contributed by atoms with Crippen LogP contribution in [0.1, 0.15) is 43.2 Å². The lowest BCUT2D eigenvalue weighted by atomic mass is 9.72. The number of nitriles is 1. The average Bonchev–Trinajstić information content (AvgIpc) is 3.17. The van der Waals surface area contributed by atoms with Crippen molar-refractivity contribution in [3.8, 4) is 6.07 Å². The molecule has 3 rings (SSSR count). The zero-order chi connectivity index (χ0) is 19.8. The van der Waals surface area contributed by atoms with Crippen LogP contribution in [0.4, 0.5) is 10.9 Å². The molecule has 0 aromatic carbocycles. The Bertz CT molecular complexity index is 934. The van der Waals surface area contributed by atoms with E-state index in [0.717, 1.165) is 40.7 Å². The smallest absolute Gasteiger partial charge is 0.390 e. The summed E-state index contributed by atoms with van der Waals surface area (Å²) in [5.41, 5.74) is 1.76. The summed E-state index contributed by atoms with van der Waals surface area (Å²) in [5.74, 6) is -0.424. The number of fused-ring (bicyclic) bond motifs is 1. The molecule has 2 heterocycles. The molecule has 1 amide bonds. The number of anilines is 1. The Morgan fingerprint density at radius 2 is 2.30 bits per heavy atom. The Kier molecular flexibility index (Phi) is 4.97. The van der Waals surface area contributed by atoms with Crippen molar-refractivity contribution >= 4 is 28.2 Å². The first-order chi connectivity index (χ1) is 12.7. The molecule has 0 aliphatic heterocycles. The predicted molar refractivity (Wildman–Crippen MR) is 99.3 cm³/mol. The van der Waals surface area contributed by atoms with Gasteiger partial charge in [0.05, 0.1) is 5.56 Å². The van der Waals surface area contributed by atoms with Crippen LogP contribution in [-0.4, -0.2) is 25.6 Å². The van der Waals surface area contributed by atoms with Crippen molar-refractivity contribution in [3.63, 3.8) is 0 Å². The molecule has 0 radical (unpaired) electrons. The molecule has 0 saturated carbocycles. The van der Waals surface area contributed by atoms with E-state index in [0.29, 0.717) is 16.5 Å². The van der Waals surface area contributed by atoms with Gasteiger partial charge in [-0.15, -0.1) is 11.3 Å². The molecule has 27 heavy (non-hydrogen) atoms. The van der Waals surface area contributed by atoms with Crippen molar-refractivity contribution in [2.45, 2.75) is 46.6 Å². The van der Waals surface area contributed by atoms with Gasteiger partial charge in [0.15, 0.2) is 0 Å². The number of carbonyl (C=O) groups is 1. The third-order valence-electron chi connectivity index (χ3n) is 4.85. The second-order valence-corrected chi connectivity index (χ2v) is 8.78. The lowest BCUT2D eigenvalue weighted by molar-refractivity contribution is -0.394. The number of aromatic nitrogens is 3. The number of nitrogens with zero attached hydrogens (tertiary/aromatic N) is 5. The van der Waals surface area contributed by atoms with Crippen LogP contribution in [0.25, 0.3) is 0 Å². The number of nitrogens with one attached hydrogen (secondary N) is 1. The number of nitro groups is 1. The first-order valence-corrected chi connectivity index (χ1v) is 9.39. The van der Waals surface area contributed by atoms with Gasteiger partial charge >= 0.3 is 5.95 Å². The zero-order valence-corrected chi connectivity index (χ0v) is 16.2. The molecule has 0 bridgehead atoms. The number of rotatable bonds is 4. The van der Waals surface area contributed by atoms with Crippen LogP contribution < -0.4 is 5.32 Å².